The van der Waals surface area contributed by atoms with E-state index in [0.717, 1.165) is 89.3 Å². The maximum absolute atomic E-state index is 9.36. The van der Waals surface area contributed by atoms with Gasteiger partial charge in [0.15, 0.2) is 0 Å². The highest BCUT2D eigenvalue weighted by atomic mass is 32.1. The van der Waals surface area contributed by atoms with Crippen molar-refractivity contribution in [2.75, 3.05) is 14.7 Å². The van der Waals surface area contributed by atoms with Gasteiger partial charge in [-0.2, -0.15) is 0 Å². The highest BCUT2D eigenvalue weighted by molar-refractivity contribution is 7.23. The largest absolute Gasteiger partial charge is 0.311 e. The Kier molecular flexibility index (Phi) is 7.71. The summed E-state index contributed by atoms with van der Waals surface area (Å²) >= 11 is 1.48. The molecule has 5 heteroatoms. The second kappa shape index (κ2) is 17.0. The molecule has 0 N–H and O–H groups in total. The van der Waals surface area contributed by atoms with Gasteiger partial charge < -0.3 is 14.7 Å². The van der Waals surface area contributed by atoms with E-state index >= 15 is 0 Å². The van der Waals surface area contributed by atoms with E-state index in [2.05, 4.69) is 94.7 Å². The molecule has 0 bridgehead atoms. The minimum absolute atomic E-state index is 0.142. The van der Waals surface area contributed by atoms with E-state index in [1.165, 1.54) is 17.4 Å². The van der Waals surface area contributed by atoms with Gasteiger partial charge in [0.2, 0.25) is 0 Å². The van der Waals surface area contributed by atoms with Gasteiger partial charge in [-0.25, -0.2) is 0 Å². The number of para-hydroxylation sites is 2. The zero-order valence-corrected chi connectivity index (χ0v) is 38.5. The van der Waals surface area contributed by atoms with Crippen LogP contribution in [0, 0.1) is 13.8 Å². The summed E-state index contributed by atoms with van der Waals surface area (Å²) < 4.78 is 107. The minimum Gasteiger partial charge on any atom is -0.311 e. The Morgan fingerprint density at radius 3 is 1.62 bits per heavy atom. The average molecular weight is 918 g/mol. The molecule has 1 aromatic heterocycles. The van der Waals surface area contributed by atoms with Gasteiger partial charge in [0.1, 0.15) is 0 Å². The molecule has 2 aliphatic rings. The van der Waals surface area contributed by atoms with Gasteiger partial charge in [-0.15, -0.1) is 11.3 Å². The van der Waals surface area contributed by atoms with Crippen LogP contribution in [-0.2, 0) is 5.41 Å². The van der Waals surface area contributed by atoms with E-state index in [1.54, 1.807) is 6.92 Å². The van der Waals surface area contributed by atoms with Crippen LogP contribution in [0.1, 0.15) is 53.7 Å². The Morgan fingerprint density at radius 2 is 1.01 bits per heavy atom. The van der Waals surface area contributed by atoms with Crippen LogP contribution in [-0.4, -0.2) is 6.71 Å². The lowest BCUT2D eigenvalue weighted by Gasteiger charge is -2.44. The van der Waals surface area contributed by atoms with Crippen LogP contribution in [0.5, 0.6) is 0 Å². The topological polar surface area (TPSA) is 9.72 Å². The predicted molar refractivity (Wildman–Crippen MR) is 298 cm³/mol. The Labute approximate surface area is 428 Å². The third-order valence-corrected chi connectivity index (χ3v) is 14.5. The van der Waals surface area contributed by atoms with Crippen LogP contribution < -0.4 is 31.1 Å². The molecule has 3 nitrogen and oxygen atoms in total. The lowest BCUT2D eigenvalue weighted by molar-refractivity contribution is 0.589. The van der Waals surface area contributed by atoms with Crippen molar-refractivity contribution in [2.24, 2.45) is 0 Å². The fourth-order valence-corrected chi connectivity index (χ4v) is 11.5. The molecule has 0 fully saturated rings. The number of fused-ring (bicyclic) bond motifs is 4. The third kappa shape index (κ3) is 7.46. The van der Waals surface area contributed by atoms with Crippen LogP contribution in [0.25, 0.3) is 32.7 Å². The first-order valence-corrected chi connectivity index (χ1v) is 23.9. The molecule has 2 aliphatic heterocycles. The lowest BCUT2D eigenvalue weighted by Crippen LogP contribution is -2.61. The number of nitrogens with zero attached hydrogens (tertiary/aromatic N) is 3. The molecule has 0 spiro atoms. The smallest absolute Gasteiger partial charge is 0.253 e. The number of anilines is 9. The summed E-state index contributed by atoms with van der Waals surface area (Å²) in [6.45, 7) is -12.8. The molecule has 0 aliphatic carbocycles. The highest BCUT2D eigenvalue weighted by Crippen LogP contribution is 2.52. The summed E-state index contributed by atoms with van der Waals surface area (Å²) in [5.41, 5.74) is 9.08. The van der Waals surface area contributed by atoms with E-state index in [4.69, 9.17) is 12.3 Å². The van der Waals surface area contributed by atoms with Gasteiger partial charge in [-0.1, -0.05) is 184 Å². The first-order chi connectivity index (χ1) is 38.7. The van der Waals surface area contributed by atoms with Gasteiger partial charge in [-0.3, -0.25) is 0 Å². The second-order valence-corrected chi connectivity index (χ2v) is 18.8. The van der Waals surface area contributed by atoms with E-state index in [9.17, 15) is 4.11 Å². The summed E-state index contributed by atoms with van der Waals surface area (Å²) in [7, 11) is 0. The Hall–Kier alpha value is -7.86. The number of hydrogen-bond donors (Lipinski definition) is 0. The molecule has 10 aromatic rings. The van der Waals surface area contributed by atoms with Crippen LogP contribution in [0.4, 0.5) is 50.5 Å². The summed E-state index contributed by atoms with van der Waals surface area (Å²) in [5.74, 6) is 0. The van der Waals surface area contributed by atoms with Crippen molar-refractivity contribution in [3.05, 3.63) is 241 Å². The summed E-state index contributed by atoms with van der Waals surface area (Å²) in [6.07, 6.45) is 0. The molecule has 12 rings (SSSR count). The lowest BCUT2D eigenvalue weighted by atomic mass is 9.34. The Balaban J connectivity index is 1.25. The van der Waals surface area contributed by atoms with Gasteiger partial charge >= 0.3 is 0 Å². The summed E-state index contributed by atoms with van der Waals surface area (Å²) in [4.78, 5) is 7.30. The third-order valence-electron chi connectivity index (χ3n) is 13.3. The summed E-state index contributed by atoms with van der Waals surface area (Å²) in [6, 6.07) is 74.2. The first kappa shape index (κ1) is 31.2. The minimum atomic E-state index is -3.64. The van der Waals surface area contributed by atoms with Crippen LogP contribution in [0.3, 0.4) is 0 Å². The molecule has 332 valence electrons. The molecular formula is C64H52BN3S. The van der Waals surface area contributed by atoms with Gasteiger partial charge in [0, 0.05) is 55.5 Å². The fourth-order valence-electron chi connectivity index (χ4n) is 10.3. The van der Waals surface area contributed by atoms with Gasteiger partial charge in [-0.05, 0) is 141 Å². The Bertz CT molecular complexity index is 3900. The SMILES string of the molecule is [2H]C([2H])([2H])c1cc(C(C([2H])([2H])[2H])(C([2H])([2H])[2H])C([2H])([2H])[2H])cc(C)c1N1c2cc(N(c3ccccc3)c3ccccc3)cc3c2B(c2ccc(-c4ccccc4)cc2N3c2cccc(-c3ccccc3)c2)c2cc(-c3ccccc3)sc21. The number of hydrogen-bond acceptors (Lipinski definition) is 4. The van der Waals surface area contributed by atoms with Crippen LogP contribution in [0.15, 0.2) is 224 Å². The molecule has 0 amide bonds. The maximum Gasteiger partial charge on any atom is 0.253 e. The quantitative estimate of drug-likeness (QED) is 0.141. The zero-order chi connectivity index (χ0) is 56.8. The molecule has 69 heavy (non-hydrogen) atoms. The molecule has 3 heterocycles. The first-order valence-electron chi connectivity index (χ1n) is 29.0. The van der Waals surface area contributed by atoms with E-state index in [1.807, 2.05) is 132 Å². The van der Waals surface area contributed by atoms with E-state index < -0.39 is 50.7 Å². The van der Waals surface area contributed by atoms with Crippen molar-refractivity contribution in [2.45, 2.75) is 39.7 Å². The Morgan fingerprint density at radius 1 is 0.464 bits per heavy atom. The zero-order valence-electron chi connectivity index (χ0n) is 49.7. The molecule has 0 saturated heterocycles. The predicted octanol–water partition coefficient (Wildman–Crippen LogP) is 16.2. The normalized spacial score (nSPS) is 15.9. The van der Waals surface area contributed by atoms with Crippen LogP contribution in [0.2, 0.25) is 0 Å². The second-order valence-electron chi connectivity index (χ2n) is 17.7. The van der Waals surface area contributed by atoms with Gasteiger partial charge in [0.25, 0.3) is 6.71 Å². The van der Waals surface area contributed by atoms with Crippen molar-refractivity contribution in [1.29, 1.82) is 0 Å². The maximum atomic E-state index is 9.36. The van der Waals surface area contributed by atoms with Crippen molar-refractivity contribution in [3.63, 3.8) is 0 Å². The van der Waals surface area contributed by atoms with Crippen LogP contribution >= 0.6 is 11.3 Å². The van der Waals surface area contributed by atoms with E-state index in [-0.39, 0.29) is 11.3 Å². The van der Waals surface area contributed by atoms with E-state index in [0.29, 0.717) is 10.7 Å². The number of thiophene rings is 1. The number of rotatable bonds is 8. The molecule has 0 atom stereocenters. The monoisotopic (exact) mass is 917 g/mol. The molecule has 9 aromatic carbocycles. The van der Waals surface area contributed by atoms with Crippen molar-refractivity contribution < 1.29 is 16.4 Å². The molecular weight excluding hydrogens is 854 g/mol. The molecule has 0 saturated carbocycles. The fraction of sp³-hybridized carbons (Fsp3) is 0.0938. The molecule has 0 unspecified atom stereocenters. The van der Waals surface area contributed by atoms with Gasteiger partial charge in [0.05, 0.1) is 16.4 Å². The van der Waals surface area contributed by atoms with Crippen molar-refractivity contribution >= 4 is 84.9 Å². The number of aryl methyl sites for hydroxylation is 2. The summed E-state index contributed by atoms with van der Waals surface area (Å²) in [5, 5.41) is 0.674. The number of benzene rings is 9. The molecule has 0 radical (unpaired) electrons. The van der Waals surface area contributed by atoms with Crippen molar-refractivity contribution in [1.82, 2.24) is 0 Å². The standard InChI is InChI=1S/C64H52BN3S/c1-43-36-50(64(3,4)5)37-44(2)62(43)68-59-41-54(66(51-29-17-9-18-30-51)52-31-19-10-20-32-52)40-58-61(59)65(56-42-60(69-63(56)68)47-26-15-8-16-27-47)55-35-34-49(46-24-13-7-14-25-46)39-57(55)67(58)53-33-21-28-48(38-53)45-22-11-6-12-23-45/h6-42H,1-5H3/i1D3,3D3,4D3,5D3. The highest BCUT2D eigenvalue weighted by Gasteiger charge is 2.46. The average Bonchev–Trinajstić information content (AvgIpc) is 2.60. The van der Waals surface area contributed by atoms with Crippen molar-refractivity contribution in [3.8, 4) is 32.7 Å².